The molecule has 0 heterocycles. The van der Waals surface area contributed by atoms with Crippen molar-refractivity contribution in [2.75, 3.05) is 13.7 Å². The molecule has 14 heavy (non-hydrogen) atoms. The highest BCUT2D eigenvalue weighted by Crippen LogP contribution is 2.24. The molecule has 0 amide bonds. The van der Waals surface area contributed by atoms with Crippen LogP contribution in [0.4, 0.5) is 0 Å². The summed E-state index contributed by atoms with van der Waals surface area (Å²) >= 11 is 0. The molecule has 0 bridgehead atoms. The van der Waals surface area contributed by atoms with Gasteiger partial charge in [-0.05, 0) is 12.5 Å². The summed E-state index contributed by atoms with van der Waals surface area (Å²) in [6, 6.07) is 9.11. The number of rotatable bonds is 3. The van der Waals surface area contributed by atoms with Crippen LogP contribution < -0.4 is 0 Å². The van der Waals surface area contributed by atoms with Crippen molar-refractivity contribution in [1.82, 2.24) is 0 Å². The first-order chi connectivity index (χ1) is 6.65. The summed E-state index contributed by atoms with van der Waals surface area (Å²) in [5.41, 5.74) is -0.204. The summed E-state index contributed by atoms with van der Waals surface area (Å²) in [5, 5.41) is 9.24. The number of carbonyl (C=O) groups excluding carboxylic acids is 1. The van der Waals surface area contributed by atoms with Crippen molar-refractivity contribution < 1.29 is 14.6 Å². The smallest absolute Gasteiger partial charge is 0.318 e. The molecule has 0 fully saturated rings. The van der Waals surface area contributed by atoms with Gasteiger partial charge in [0.1, 0.15) is 5.41 Å². The Kier molecular flexibility index (Phi) is 3.25. The predicted octanol–water partition coefficient (Wildman–Crippen LogP) is 1.11. The highest BCUT2D eigenvalue weighted by molar-refractivity contribution is 5.82. The molecule has 0 aliphatic carbocycles. The molecule has 0 saturated carbocycles. The van der Waals surface area contributed by atoms with E-state index in [9.17, 15) is 9.90 Å². The normalized spacial score (nSPS) is 14.5. The third-order valence-electron chi connectivity index (χ3n) is 2.36. The second-order valence-corrected chi connectivity index (χ2v) is 3.35. The Bertz CT molecular complexity index is 308. The van der Waals surface area contributed by atoms with E-state index in [-0.39, 0.29) is 6.61 Å². The molecule has 0 aliphatic rings. The standard InChI is InChI=1S/C11H14O3/c1-11(8-12,10(13)14-2)9-6-4-3-5-7-9/h3-7,12H,8H2,1-2H3/t11-/m1/s1. The largest absolute Gasteiger partial charge is 0.468 e. The number of benzene rings is 1. The highest BCUT2D eigenvalue weighted by Gasteiger charge is 2.35. The summed E-state index contributed by atoms with van der Waals surface area (Å²) < 4.78 is 4.66. The molecule has 0 radical (unpaired) electrons. The number of carbonyl (C=O) groups is 1. The molecule has 0 saturated heterocycles. The summed E-state index contributed by atoms with van der Waals surface area (Å²) in [5.74, 6) is -0.425. The number of esters is 1. The highest BCUT2D eigenvalue weighted by atomic mass is 16.5. The summed E-state index contributed by atoms with van der Waals surface area (Å²) in [7, 11) is 1.32. The zero-order valence-corrected chi connectivity index (χ0v) is 8.36. The molecule has 3 heteroatoms. The lowest BCUT2D eigenvalue weighted by atomic mass is 9.83. The average molecular weight is 194 g/mol. The molecule has 76 valence electrons. The number of methoxy groups -OCH3 is 1. The molecular formula is C11H14O3. The van der Waals surface area contributed by atoms with Crippen molar-refractivity contribution in [3.05, 3.63) is 35.9 Å². The molecule has 1 atom stereocenters. The van der Waals surface area contributed by atoms with E-state index in [1.807, 2.05) is 18.2 Å². The van der Waals surface area contributed by atoms with Gasteiger partial charge in [0.25, 0.3) is 0 Å². The van der Waals surface area contributed by atoms with E-state index in [4.69, 9.17) is 0 Å². The molecule has 0 unspecified atom stereocenters. The van der Waals surface area contributed by atoms with Crippen LogP contribution in [0.5, 0.6) is 0 Å². The van der Waals surface area contributed by atoms with Gasteiger partial charge in [-0.2, -0.15) is 0 Å². The first kappa shape index (κ1) is 10.7. The van der Waals surface area contributed by atoms with Crippen LogP contribution in [0, 0.1) is 0 Å². The minimum absolute atomic E-state index is 0.260. The minimum atomic E-state index is -0.962. The molecule has 0 aliphatic heterocycles. The van der Waals surface area contributed by atoms with Crippen molar-refractivity contribution in [1.29, 1.82) is 0 Å². The Balaban J connectivity index is 3.08. The van der Waals surface area contributed by atoms with Gasteiger partial charge < -0.3 is 9.84 Å². The van der Waals surface area contributed by atoms with E-state index in [1.165, 1.54) is 7.11 Å². The van der Waals surface area contributed by atoms with Gasteiger partial charge in [-0.15, -0.1) is 0 Å². The van der Waals surface area contributed by atoms with Crippen LogP contribution in [0.25, 0.3) is 0 Å². The number of ether oxygens (including phenoxy) is 1. The molecule has 0 spiro atoms. The Hall–Kier alpha value is -1.35. The first-order valence-corrected chi connectivity index (χ1v) is 4.40. The van der Waals surface area contributed by atoms with E-state index >= 15 is 0 Å². The Morgan fingerprint density at radius 2 is 2.00 bits per heavy atom. The first-order valence-electron chi connectivity index (χ1n) is 4.40. The maximum Gasteiger partial charge on any atom is 0.318 e. The maximum atomic E-state index is 11.5. The molecule has 3 nitrogen and oxygen atoms in total. The molecule has 1 N–H and O–H groups in total. The average Bonchev–Trinajstić information content (AvgIpc) is 2.28. The maximum absolute atomic E-state index is 11.5. The van der Waals surface area contributed by atoms with Gasteiger partial charge >= 0.3 is 5.97 Å². The fraction of sp³-hybridized carbons (Fsp3) is 0.364. The van der Waals surface area contributed by atoms with Gasteiger partial charge in [-0.1, -0.05) is 30.3 Å². The van der Waals surface area contributed by atoms with E-state index in [0.29, 0.717) is 0 Å². The minimum Gasteiger partial charge on any atom is -0.468 e. The Morgan fingerprint density at radius 1 is 1.43 bits per heavy atom. The van der Waals surface area contributed by atoms with Crippen LogP contribution in [0.1, 0.15) is 12.5 Å². The zero-order valence-electron chi connectivity index (χ0n) is 8.36. The molecule has 1 aromatic carbocycles. The quantitative estimate of drug-likeness (QED) is 0.733. The third kappa shape index (κ3) is 1.77. The van der Waals surface area contributed by atoms with Crippen molar-refractivity contribution in [3.8, 4) is 0 Å². The van der Waals surface area contributed by atoms with E-state index in [0.717, 1.165) is 5.56 Å². The number of aliphatic hydroxyl groups is 1. The van der Waals surface area contributed by atoms with Gasteiger partial charge in [0.05, 0.1) is 13.7 Å². The van der Waals surface area contributed by atoms with Crippen LogP contribution >= 0.6 is 0 Å². The van der Waals surface area contributed by atoms with Crippen LogP contribution in [0.2, 0.25) is 0 Å². The van der Waals surface area contributed by atoms with Crippen molar-refractivity contribution >= 4 is 5.97 Å². The Labute approximate surface area is 83.3 Å². The third-order valence-corrected chi connectivity index (χ3v) is 2.36. The van der Waals surface area contributed by atoms with Crippen LogP contribution in [-0.2, 0) is 14.9 Å². The lowest BCUT2D eigenvalue weighted by Gasteiger charge is -2.24. The predicted molar refractivity (Wildman–Crippen MR) is 52.9 cm³/mol. The molecule has 1 aromatic rings. The van der Waals surface area contributed by atoms with Crippen molar-refractivity contribution in [2.45, 2.75) is 12.3 Å². The Morgan fingerprint density at radius 3 is 2.43 bits per heavy atom. The molecular weight excluding hydrogens is 180 g/mol. The summed E-state index contributed by atoms with van der Waals surface area (Å²) in [4.78, 5) is 11.5. The topological polar surface area (TPSA) is 46.5 Å². The van der Waals surface area contributed by atoms with E-state index < -0.39 is 11.4 Å². The van der Waals surface area contributed by atoms with Crippen LogP contribution in [0.15, 0.2) is 30.3 Å². The molecule has 0 aromatic heterocycles. The van der Waals surface area contributed by atoms with Gasteiger partial charge in [0.15, 0.2) is 0 Å². The molecule has 1 rings (SSSR count). The number of hydrogen-bond donors (Lipinski definition) is 1. The zero-order chi connectivity index (χ0) is 10.6. The SMILES string of the molecule is COC(=O)[C@](C)(CO)c1ccccc1. The fourth-order valence-electron chi connectivity index (χ4n) is 1.30. The van der Waals surface area contributed by atoms with Gasteiger partial charge in [0.2, 0.25) is 0 Å². The van der Waals surface area contributed by atoms with Gasteiger partial charge in [0, 0.05) is 0 Å². The fourth-order valence-corrected chi connectivity index (χ4v) is 1.30. The number of hydrogen-bond acceptors (Lipinski definition) is 3. The monoisotopic (exact) mass is 194 g/mol. The van der Waals surface area contributed by atoms with Gasteiger partial charge in [-0.25, -0.2) is 0 Å². The van der Waals surface area contributed by atoms with Crippen LogP contribution in [-0.4, -0.2) is 24.8 Å². The van der Waals surface area contributed by atoms with E-state index in [2.05, 4.69) is 4.74 Å². The lowest BCUT2D eigenvalue weighted by molar-refractivity contribution is -0.148. The van der Waals surface area contributed by atoms with E-state index in [1.54, 1.807) is 19.1 Å². The second-order valence-electron chi connectivity index (χ2n) is 3.35. The summed E-state index contributed by atoms with van der Waals surface area (Å²) in [6.45, 7) is 1.40. The van der Waals surface area contributed by atoms with Gasteiger partial charge in [-0.3, -0.25) is 4.79 Å². The second kappa shape index (κ2) is 4.24. The summed E-state index contributed by atoms with van der Waals surface area (Å²) in [6.07, 6.45) is 0. The van der Waals surface area contributed by atoms with Crippen LogP contribution in [0.3, 0.4) is 0 Å². The number of aliphatic hydroxyl groups excluding tert-OH is 1. The van der Waals surface area contributed by atoms with Crippen molar-refractivity contribution in [3.63, 3.8) is 0 Å². The van der Waals surface area contributed by atoms with Crippen molar-refractivity contribution in [2.24, 2.45) is 0 Å². The lowest BCUT2D eigenvalue weighted by Crippen LogP contribution is -2.37.